The third kappa shape index (κ3) is 33.1. The van der Waals surface area contributed by atoms with Crippen molar-refractivity contribution in [1.82, 2.24) is 29.4 Å². The van der Waals surface area contributed by atoms with Gasteiger partial charge >= 0.3 is 35.8 Å². The second-order valence-corrected chi connectivity index (χ2v) is 23.2. The fourth-order valence-corrected chi connectivity index (χ4v) is 6.65. The standard InChI is InChI=1S/C48H90N6O12/c1-43(2,3)61-37(55)31-49-19-21-50(32-38(56)62-44(4,5)6)23-25-52(34-40(58)64-46(10,11)12)27-29-54(36-42(60)66-48(16,17)18)30-28-53(35-41(59)65-47(13,14)15)26-24-51(22-20-49)33-39(57)63-45(7,8)9/h19-36H2,1-18H3. The summed E-state index contributed by atoms with van der Waals surface area (Å²) in [4.78, 5) is 91.8. The van der Waals surface area contributed by atoms with E-state index >= 15 is 0 Å². The van der Waals surface area contributed by atoms with Crippen LogP contribution in [0.3, 0.4) is 0 Å². The lowest BCUT2D eigenvalue weighted by atomic mass is 10.2. The highest BCUT2D eigenvalue weighted by atomic mass is 16.6. The minimum atomic E-state index is -0.725. The number of esters is 6. The number of ether oxygens (including phenoxy) is 6. The molecule has 0 aromatic carbocycles. The fraction of sp³-hybridized carbons (Fsp3) is 0.875. The van der Waals surface area contributed by atoms with Gasteiger partial charge in [0, 0.05) is 78.5 Å². The van der Waals surface area contributed by atoms with Gasteiger partial charge in [0.2, 0.25) is 0 Å². The average Bonchev–Trinajstić information content (AvgIpc) is 3.05. The molecule has 18 heteroatoms. The van der Waals surface area contributed by atoms with Crippen molar-refractivity contribution in [2.45, 2.75) is 158 Å². The molecule has 0 N–H and O–H groups in total. The van der Waals surface area contributed by atoms with Gasteiger partial charge in [-0.15, -0.1) is 0 Å². The van der Waals surface area contributed by atoms with Gasteiger partial charge in [0.15, 0.2) is 0 Å². The number of carbonyl (C=O) groups excluding carboxylic acids is 6. The topological polar surface area (TPSA) is 177 Å². The highest BCUT2D eigenvalue weighted by molar-refractivity contribution is 5.74. The number of hydrogen-bond donors (Lipinski definition) is 0. The normalized spacial score (nSPS) is 18.1. The summed E-state index contributed by atoms with van der Waals surface area (Å²) in [5.41, 5.74) is -4.35. The predicted octanol–water partition coefficient (Wildman–Crippen LogP) is 3.86. The Morgan fingerprint density at radius 3 is 0.409 bits per heavy atom. The summed E-state index contributed by atoms with van der Waals surface area (Å²) in [7, 11) is 0. The summed E-state index contributed by atoms with van der Waals surface area (Å²) in [5.74, 6) is -2.56. The molecule has 1 heterocycles. The minimum Gasteiger partial charge on any atom is -0.459 e. The van der Waals surface area contributed by atoms with Crippen LogP contribution in [0.4, 0.5) is 0 Å². The summed E-state index contributed by atoms with van der Waals surface area (Å²) in [6.45, 7) is 36.2. The molecule has 0 spiro atoms. The van der Waals surface area contributed by atoms with Crippen molar-refractivity contribution in [2.24, 2.45) is 0 Å². The zero-order chi connectivity index (χ0) is 50.9. The Labute approximate surface area is 397 Å². The Morgan fingerprint density at radius 2 is 0.333 bits per heavy atom. The predicted molar refractivity (Wildman–Crippen MR) is 254 cm³/mol. The van der Waals surface area contributed by atoms with E-state index in [0.717, 1.165) is 0 Å². The third-order valence-corrected chi connectivity index (χ3v) is 9.03. The SMILES string of the molecule is CC(C)(C)OC(=O)CN1CCN(CC(=O)OC(C)(C)C)CCN(CC(=O)OC(C)(C)C)CCN(CC(=O)OC(C)(C)C)CCN(CC(=O)OC(C)(C)C)CCN(CC(=O)OC(C)(C)C)CC1. The lowest BCUT2D eigenvalue weighted by Gasteiger charge is -2.34. The molecule has 1 aliphatic rings. The van der Waals surface area contributed by atoms with Crippen LogP contribution in [0.15, 0.2) is 0 Å². The molecule has 1 fully saturated rings. The van der Waals surface area contributed by atoms with Gasteiger partial charge in [0.25, 0.3) is 0 Å². The van der Waals surface area contributed by atoms with Crippen LogP contribution >= 0.6 is 0 Å². The van der Waals surface area contributed by atoms with Crippen LogP contribution in [0.2, 0.25) is 0 Å². The van der Waals surface area contributed by atoms with Gasteiger partial charge in [-0.3, -0.25) is 58.2 Å². The van der Waals surface area contributed by atoms with Gasteiger partial charge in [-0.2, -0.15) is 0 Å². The van der Waals surface area contributed by atoms with E-state index in [9.17, 15) is 28.8 Å². The maximum atomic E-state index is 13.4. The van der Waals surface area contributed by atoms with Gasteiger partial charge in [-0.05, 0) is 125 Å². The molecule has 0 aliphatic carbocycles. The smallest absolute Gasteiger partial charge is 0.320 e. The van der Waals surface area contributed by atoms with Crippen molar-refractivity contribution >= 4 is 35.8 Å². The molecule has 0 aromatic heterocycles. The van der Waals surface area contributed by atoms with Crippen molar-refractivity contribution in [1.29, 1.82) is 0 Å². The number of carbonyl (C=O) groups is 6. The zero-order valence-corrected chi connectivity index (χ0v) is 44.3. The lowest BCUT2D eigenvalue weighted by molar-refractivity contribution is -0.159. The van der Waals surface area contributed by atoms with Crippen molar-refractivity contribution < 1.29 is 57.2 Å². The number of rotatable bonds is 12. The quantitative estimate of drug-likeness (QED) is 0.203. The molecule has 384 valence electrons. The van der Waals surface area contributed by atoms with Crippen molar-refractivity contribution in [3.05, 3.63) is 0 Å². The zero-order valence-electron chi connectivity index (χ0n) is 44.3. The van der Waals surface area contributed by atoms with Crippen molar-refractivity contribution in [2.75, 3.05) is 118 Å². The molecular formula is C48H90N6O12. The average molecular weight is 943 g/mol. The third-order valence-electron chi connectivity index (χ3n) is 9.03. The van der Waals surface area contributed by atoms with E-state index in [0.29, 0.717) is 78.5 Å². The highest BCUT2D eigenvalue weighted by Crippen LogP contribution is 2.14. The van der Waals surface area contributed by atoms with Crippen LogP contribution < -0.4 is 0 Å². The summed E-state index contributed by atoms with van der Waals surface area (Å²) >= 11 is 0. The van der Waals surface area contributed by atoms with Gasteiger partial charge in [-0.1, -0.05) is 0 Å². The fourth-order valence-electron chi connectivity index (χ4n) is 6.65. The van der Waals surface area contributed by atoms with E-state index in [1.165, 1.54) is 0 Å². The van der Waals surface area contributed by atoms with Gasteiger partial charge in [0.1, 0.15) is 33.6 Å². The van der Waals surface area contributed by atoms with E-state index in [4.69, 9.17) is 28.4 Å². The van der Waals surface area contributed by atoms with Gasteiger partial charge < -0.3 is 28.4 Å². The van der Waals surface area contributed by atoms with Crippen LogP contribution in [0, 0.1) is 0 Å². The van der Waals surface area contributed by atoms with E-state index in [1.54, 1.807) is 125 Å². The molecule has 0 radical (unpaired) electrons. The maximum absolute atomic E-state index is 13.4. The first kappa shape index (κ1) is 60.6. The lowest BCUT2D eigenvalue weighted by Crippen LogP contribution is -2.50. The maximum Gasteiger partial charge on any atom is 0.320 e. The molecule has 1 rings (SSSR count). The number of nitrogens with zero attached hydrogens (tertiary/aromatic N) is 6. The Bertz CT molecular complexity index is 1230. The Hall–Kier alpha value is -3.42. The second kappa shape index (κ2) is 26.4. The largest absolute Gasteiger partial charge is 0.459 e. The Kier molecular flexibility index (Phi) is 24.2. The van der Waals surface area contributed by atoms with Crippen molar-refractivity contribution in [3.63, 3.8) is 0 Å². The number of hydrogen-bond acceptors (Lipinski definition) is 18. The molecule has 18 nitrogen and oxygen atoms in total. The second-order valence-electron chi connectivity index (χ2n) is 23.2. The molecule has 0 unspecified atom stereocenters. The van der Waals surface area contributed by atoms with Crippen LogP contribution in [0.25, 0.3) is 0 Å². The van der Waals surface area contributed by atoms with Crippen LogP contribution in [0.1, 0.15) is 125 Å². The van der Waals surface area contributed by atoms with Gasteiger partial charge in [-0.25, -0.2) is 0 Å². The molecule has 1 aliphatic heterocycles. The monoisotopic (exact) mass is 943 g/mol. The molecule has 0 aromatic rings. The minimum absolute atomic E-state index is 0.0547. The van der Waals surface area contributed by atoms with E-state index in [2.05, 4.69) is 0 Å². The van der Waals surface area contributed by atoms with E-state index in [1.807, 2.05) is 29.4 Å². The van der Waals surface area contributed by atoms with Crippen LogP contribution in [-0.2, 0) is 57.2 Å². The van der Waals surface area contributed by atoms with Gasteiger partial charge in [0.05, 0.1) is 39.3 Å². The van der Waals surface area contributed by atoms with Crippen LogP contribution in [0.5, 0.6) is 0 Å². The first-order chi connectivity index (χ1) is 29.8. The summed E-state index contributed by atoms with van der Waals surface area (Å²) < 4.78 is 34.4. The first-order valence-electron chi connectivity index (χ1n) is 23.5. The molecular weight excluding hydrogens is 853 g/mol. The summed E-state index contributed by atoms with van der Waals surface area (Å²) in [5, 5.41) is 0. The summed E-state index contributed by atoms with van der Waals surface area (Å²) in [6, 6.07) is 0. The molecule has 0 bridgehead atoms. The van der Waals surface area contributed by atoms with Crippen molar-refractivity contribution in [3.8, 4) is 0 Å². The molecule has 0 amide bonds. The van der Waals surface area contributed by atoms with Crippen LogP contribution in [-0.4, -0.2) is 217 Å². The highest BCUT2D eigenvalue weighted by Gasteiger charge is 2.28. The first-order valence-corrected chi connectivity index (χ1v) is 23.5. The summed E-state index contributed by atoms with van der Waals surface area (Å²) in [6.07, 6.45) is 0. The molecule has 0 saturated carbocycles. The van der Waals surface area contributed by atoms with E-state index in [-0.39, 0.29) is 39.3 Å². The molecule has 1 saturated heterocycles. The molecule has 0 atom stereocenters. The Balaban J connectivity index is 3.88. The molecule has 66 heavy (non-hydrogen) atoms. The van der Waals surface area contributed by atoms with E-state index < -0.39 is 69.4 Å². The Morgan fingerprint density at radius 1 is 0.242 bits per heavy atom.